The third-order valence-electron chi connectivity index (χ3n) is 5.74. The molecule has 1 amide bonds. The lowest BCUT2D eigenvalue weighted by Crippen LogP contribution is -2.28. The monoisotopic (exact) mass is 417 g/mol. The molecule has 1 N–H and O–H groups in total. The Bertz CT molecular complexity index is 1080. The topological polar surface area (TPSA) is 66.0 Å². The molecule has 0 unspecified atom stereocenters. The maximum Gasteiger partial charge on any atom is 0.407 e. The Labute approximate surface area is 180 Å². The van der Waals surface area contributed by atoms with E-state index in [1.54, 1.807) is 7.11 Å². The van der Waals surface area contributed by atoms with E-state index in [2.05, 4.69) is 29.6 Å². The second kappa shape index (κ2) is 8.22. The number of nitrogens with one attached hydrogen (secondary N) is 1. The van der Waals surface area contributed by atoms with Gasteiger partial charge in [0.2, 0.25) is 12.5 Å². The molecule has 0 fully saturated rings. The first-order valence-electron chi connectivity index (χ1n) is 10.3. The van der Waals surface area contributed by atoms with Crippen LogP contribution in [0, 0.1) is 0 Å². The lowest BCUT2D eigenvalue weighted by atomic mass is 9.98. The molecular weight excluding hydrogens is 394 g/mol. The minimum Gasteiger partial charge on any atom is -0.493 e. The number of amides is 1. The van der Waals surface area contributed by atoms with Gasteiger partial charge in [-0.15, -0.1) is 0 Å². The fourth-order valence-electron chi connectivity index (χ4n) is 4.29. The van der Waals surface area contributed by atoms with Crippen molar-refractivity contribution in [2.24, 2.45) is 0 Å². The zero-order valence-corrected chi connectivity index (χ0v) is 17.2. The summed E-state index contributed by atoms with van der Waals surface area (Å²) >= 11 is 0. The van der Waals surface area contributed by atoms with Crippen LogP contribution in [0.15, 0.2) is 60.7 Å². The number of hydrogen-bond acceptors (Lipinski definition) is 5. The van der Waals surface area contributed by atoms with E-state index in [4.69, 9.17) is 18.9 Å². The largest absolute Gasteiger partial charge is 0.493 e. The van der Waals surface area contributed by atoms with Gasteiger partial charge in [0.05, 0.1) is 7.11 Å². The summed E-state index contributed by atoms with van der Waals surface area (Å²) < 4.78 is 21.8. The molecule has 0 saturated carbocycles. The van der Waals surface area contributed by atoms with Gasteiger partial charge in [-0.3, -0.25) is 0 Å². The molecule has 158 valence electrons. The molecule has 3 aromatic rings. The van der Waals surface area contributed by atoms with Crippen LogP contribution in [-0.4, -0.2) is 33.1 Å². The molecule has 0 saturated heterocycles. The van der Waals surface area contributed by atoms with Gasteiger partial charge in [-0.2, -0.15) is 0 Å². The van der Waals surface area contributed by atoms with Crippen LogP contribution < -0.4 is 19.5 Å². The quantitative estimate of drug-likeness (QED) is 0.640. The molecule has 0 radical (unpaired) electrons. The van der Waals surface area contributed by atoms with Gasteiger partial charge in [0.1, 0.15) is 6.61 Å². The lowest BCUT2D eigenvalue weighted by molar-refractivity contribution is 0.143. The summed E-state index contributed by atoms with van der Waals surface area (Å²) in [6.07, 6.45) is 0.201. The Hall–Kier alpha value is -3.67. The number of ether oxygens (including phenoxy) is 4. The summed E-state index contributed by atoms with van der Waals surface area (Å²) in [5.41, 5.74) is 5.81. The first kappa shape index (κ1) is 19.3. The van der Waals surface area contributed by atoms with Crippen molar-refractivity contribution in [2.45, 2.75) is 12.3 Å². The van der Waals surface area contributed by atoms with Crippen molar-refractivity contribution in [3.05, 3.63) is 77.4 Å². The van der Waals surface area contributed by atoms with Gasteiger partial charge in [-0.1, -0.05) is 48.5 Å². The summed E-state index contributed by atoms with van der Waals surface area (Å²) in [6, 6.07) is 20.4. The van der Waals surface area contributed by atoms with Crippen molar-refractivity contribution < 1.29 is 23.7 Å². The Balaban J connectivity index is 1.18. The Morgan fingerprint density at radius 2 is 1.74 bits per heavy atom. The van der Waals surface area contributed by atoms with E-state index in [0.29, 0.717) is 36.8 Å². The van der Waals surface area contributed by atoms with E-state index in [0.717, 1.165) is 5.56 Å². The molecule has 0 spiro atoms. The van der Waals surface area contributed by atoms with Crippen molar-refractivity contribution in [1.29, 1.82) is 0 Å². The molecule has 31 heavy (non-hydrogen) atoms. The molecule has 0 aromatic heterocycles. The molecule has 1 aliphatic carbocycles. The first-order valence-corrected chi connectivity index (χ1v) is 10.3. The number of rotatable bonds is 6. The Kier molecular flexibility index (Phi) is 5.12. The summed E-state index contributed by atoms with van der Waals surface area (Å²) in [4.78, 5) is 12.3. The van der Waals surface area contributed by atoms with Crippen LogP contribution in [0.5, 0.6) is 17.2 Å². The summed E-state index contributed by atoms with van der Waals surface area (Å²) in [6.45, 7) is 0.935. The van der Waals surface area contributed by atoms with Gasteiger partial charge in [-0.05, 0) is 46.4 Å². The molecular formula is C25H23NO5. The maximum atomic E-state index is 12.3. The normalized spacial score (nSPS) is 13.5. The van der Waals surface area contributed by atoms with Gasteiger partial charge in [0, 0.05) is 12.5 Å². The minimum atomic E-state index is -0.422. The number of methoxy groups -OCH3 is 1. The summed E-state index contributed by atoms with van der Waals surface area (Å²) in [5.74, 6) is 1.97. The van der Waals surface area contributed by atoms with Crippen molar-refractivity contribution in [1.82, 2.24) is 5.32 Å². The van der Waals surface area contributed by atoms with Gasteiger partial charge in [0.15, 0.2) is 11.5 Å². The third kappa shape index (κ3) is 3.65. The predicted molar refractivity (Wildman–Crippen MR) is 116 cm³/mol. The minimum absolute atomic E-state index is 0.0521. The zero-order chi connectivity index (χ0) is 21.2. The van der Waals surface area contributed by atoms with Gasteiger partial charge < -0.3 is 24.3 Å². The second-order valence-electron chi connectivity index (χ2n) is 7.53. The van der Waals surface area contributed by atoms with E-state index in [9.17, 15) is 4.79 Å². The molecule has 1 heterocycles. The van der Waals surface area contributed by atoms with Crippen LogP contribution in [0.3, 0.4) is 0 Å². The van der Waals surface area contributed by atoms with E-state index in [-0.39, 0.29) is 12.7 Å². The van der Waals surface area contributed by atoms with Crippen LogP contribution >= 0.6 is 0 Å². The standard InChI is InChI=1S/C25H23NO5/c1-28-22-12-16(13-23-24(22)31-15-30-23)10-11-26-25(27)29-14-21-19-8-4-2-6-17(19)18-7-3-5-9-20(18)21/h2-9,12-13,21H,10-11,14-15H2,1H3,(H,26,27). The predicted octanol–water partition coefficient (Wildman–Crippen LogP) is 4.51. The number of fused-ring (bicyclic) bond motifs is 4. The van der Waals surface area contributed by atoms with Crippen LogP contribution in [0.2, 0.25) is 0 Å². The molecule has 1 aliphatic heterocycles. The average molecular weight is 417 g/mol. The number of carbonyl (C=O) groups excluding carboxylic acids is 1. The van der Waals surface area contributed by atoms with E-state index in [1.807, 2.05) is 36.4 Å². The second-order valence-corrected chi connectivity index (χ2v) is 7.53. The number of carbonyl (C=O) groups is 1. The SMILES string of the molecule is COc1cc(CCNC(=O)OCC2c3ccccc3-c3ccccc32)cc2c1OCO2. The lowest BCUT2D eigenvalue weighted by Gasteiger charge is -2.14. The van der Waals surface area contributed by atoms with Crippen LogP contribution in [0.1, 0.15) is 22.6 Å². The van der Waals surface area contributed by atoms with Crippen molar-refractivity contribution >= 4 is 6.09 Å². The zero-order valence-electron chi connectivity index (χ0n) is 17.2. The van der Waals surface area contributed by atoms with Crippen LogP contribution in [0.4, 0.5) is 4.79 Å². The highest BCUT2D eigenvalue weighted by Crippen LogP contribution is 2.44. The fraction of sp³-hybridized carbons (Fsp3) is 0.240. The fourth-order valence-corrected chi connectivity index (χ4v) is 4.29. The Morgan fingerprint density at radius 1 is 1.03 bits per heavy atom. The van der Waals surface area contributed by atoms with Gasteiger partial charge >= 0.3 is 6.09 Å². The summed E-state index contributed by atoms with van der Waals surface area (Å²) in [7, 11) is 1.59. The highest BCUT2D eigenvalue weighted by Gasteiger charge is 2.29. The average Bonchev–Trinajstić information content (AvgIpc) is 3.40. The summed E-state index contributed by atoms with van der Waals surface area (Å²) in [5, 5.41) is 2.83. The number of benzene rings is 3. The van der Waals surface area contributed by atoms with E-state index < -0.39 is 6.09 Å². The van der Waals surface area contributed by atoms with Crippen molar-refractivity contribution in [3.63, 3.8) is 0 Å². The first-order chi connectivity index (χ1) is 15.2. The highest BCUT2D eigenvalue weighted by atomic mass is 16.7. The molecule has 3 aromatic carbocycles. The third-order valence-corrected chi connectivity index (χ3v) is 5.74. The van der Waals surface area contributed by atoms with Crippen molar-refractivity contribution in [3.8, 4) is 28.4 Å². The Morgan fingerprint density at radius 3 is 2.45 bits per heavy atom. The molecule has 6 heteroatoms. The smallest absolute Gasteiger partial charge is 0.407 e. The molecule has 2 aliphatic rings. The van der Waals surface area contributed by atoms with Crippen molar-refractivity contribution in [2.75, 3.05) is 27.1 Å². The number of hydrogen-bond donors (Lipinski definition) is 1. The number of alkyl carbamates (subject to hydrolysis) is 1. The molecule has 5 rings (SSSR count). The maximum absolute atomic E-state index is 12.3. The molecule has 0 atom stereocenters. The van der Waals surface area contributed by atoms with E-state index >= 15 is 0 Å². The highest BCUT2D eigenvalue weighted by molar-refractivity contribution is 5.79. The van der Waals surface area contributed by atoms with Crippen LogP contribution in [-0.2, 0) is 11.2 Å². The molecule has 0 bridgehead atoms. The van der Waals surface area contributed by atoms with E-state index in [1.165, 1.54) is 22.3 Å². The van der Waals surface area contributed by atoms with Crippen LogP contribution in [0.25, 0.3) is 11.1 Å². The molecule has 6 nitrogen and oxygen atoms in total. The van der Waals surface area contributed by atoms with Gasteiger partial charge in [0.25, 0.3) is 0 Å². The van der Waals surface area contributed by atoms with Gasteiger partial charge in [-0.25, -0.2) is 4.79 Å².